The Balaban J connectivity index is 2.81. The minimum Gasteiger partial charge on any atom is -0.494 e. The van der Waals surface area contributed by atoms with E-state index in [1.54, 1.807) is 13.8 Å². The fourth-order valence-electron chi connectivity index (χ4n) is 1.92. The van der Waals surface area contributed by atoms with Gasteiger partial charge in [0.1, 0.15) is 11.4 Å². The molecule has 0 aliphatic carbocycles. The lowest BCUT2D eigenvalue weighted by Crippen LogP contribution is -2.32. The van der Waals surface area contributed by atoms with Crippen LogP contribution in [0, 0.1) is 5.82 Å². The van der Waals surface area contributed by atoms with Crippen LogP contribution < -0.4 is 11.2 Å². The summed E-state index contributed by atoms with van der Waals surface area (Å²) in [6.07, 6.45) is 0. The number of halogens is 1. The van der Waals surface area contributed by atoms with Crippen molar-refractivity contribution in [2.45, 2.75) is 19.9 Å². The van der Waals surface area contributed by atoms with E-state index in [-0.39, 0.29) is 17.2 Å². The Labute approximate surface area is 108 Å². The number of rotatable bonds is 2. The standard InChI is InChI=1S/C13H13FN2O3/c1-7(2)16-12(18)10(11(17)15-13(16)19)8-4-3-5-9(14)6-8/h3-7,18H,1-2H3,(H,15,17,19). The SMILES string of the molecule is CC(C)n1c(O)c(-c2cccc(F)c2)c(=O)[nH]c1=O. The summed E-state index contributed by atoms with van der Waals surface area (Å²) in [6.45, 7) is 3.38. The van der Waals surface area contributed by atoms with Crippen molar-refractivity contribution in [3.63, 3.8) is 0 Å². The average molecular weight is 264 g/mol. The zero-order valence-corrected chi connectivity index (χ0v) is 10.5. The first-order valence-electron chi connectivity index (χ1n) is 5.75. The molecule has 0 saturated heterocycles. The highest BCUT2D eigenvalue weighted by atomic mass is 19.1. The molecule has 0 atom stereocenters. The summed E-state index contributed by atoms with van der Waals surface area (Å²) in [4.78, 5) is 25.5. The molecule has 1 aromatic carbocycles. The Bertz CT molecular complexity index is 731. The first-order chi connectivity index (χ1) is 8.91. The number of aromatic amines is 1. The smallest absolute Gasteiger partial charge is 0.331 e. The summed E-state index contributed by atoms with van der Waals surface area (Å²) in [6, 6.07) is 4.93. The van der Waals surface area contributed by atoms with Crippen molar-refractivity contribution in [1.29, 1.82) is 0 Å². The number of hydrogen-bond donors (Lipinski definition) is 2. The summed E-state index contributed by atoms with van der Waals surface area (Å²) < 4.78 is 14.2. The lowest BCUT2D eigenvalue weighted by molar-refractivity contribution is 0.384. The van der Waals surface area contributed by atoms with E-state index in [9.17, 15) is 19.1 Å². The zero-order chi connectivity index (χ0) is 14.2. The maximum atomic E-state index is 13.2. The third-order valence-electron chi connectivity index (χ3n) is 2.75. The summed E-state index contributed by atoms with van der Waals surface area (Å²) in [5.74, 6) is -0.993. The van der Waals surface area contributed by atoms with Crippen molar-refractivity contribution in [2.75, 3.05) is 0 Å². The molecule has 2 aromatic rings. The average Bonchev–Trinajstić information content (AvgIpc) is 2.27. The molecule has 19 heavy (non-hydrogen) atoms. The Morgan fingerprint density at radius 2 is 2.00 bits per heavy atom. The third-order valence-corrected chi connectivity index (χ3v) is 2.75. The summed E-state index contributed by atoms with van der Waals surface area (Å²) in [5, 5.41) is 10.1. The quantitative estimate of drug-likeness (QED) is 0.865. The van der Waals surface area contributed by atoms with Gasteiger partial charge in [-0.15, -0.1) is 0 Å². The molecule has 0 aliphatic heterocycles. The van der Waals surface area contributed by atoms with Gasteiger partial charge in [-0.1, -0.05) is 12.1 Å². The van der Waals surface area contributed by atoms with Crippen molar-refractivity contribution >= 4 is 0 Å². The summed E-state index contributed by atoms with van der Waals surface area (Å²) >= 11 is 0. The molecule has 0 spiro atoms. The van der Waals surface area contributed by atoms with Gasteiger partial charge in [0, 0.05) is 6.04 Å². The molecular formula is C13H13FN2O3. The number of hydrogen-bond acceptors (Lipinski definition) is 3. The molecule has 100 valence electrons. The van der Waals surface area contributed by atoms with Crippen LogP contribution in [0.15, 0.2) is 33.9 Å². The maximum absolute atomic E-state index is 13.2. The van der Waals surface area contributed by atoms with E-state index in [4.69, 9.17) is 0 Å². The van der Waals surface area contributed by atoms with Crippen molar-refractivity contribution in [3.05, 3.63) is 50.9 Å². The molecule has 0 amide bonds. The van der Waals surface area contributed by atoms with Crippen molar-refractivity contribution in [2.24, 2.45) is 0 Å². The fraction of sp³-hybridized carbons (Fsp3) is 0.231. The predicted molar refractivity (Wildman–Crippen MR) is 68.8 cm³/mol. The number of H-pyrrole nitrogens is 1. The Hall–Kier alpha value is -2.37. The van der Waals surface area contributed by atoms with Gasteiger partial charge in [0.05, 0.1) is 0 Å². The Morgan fingerprint density at radius 3 is 2.58 bits per heavy atom. The topological polar surface area (TPSA) is 75.1 Å². The van der Waals surface area contributed by atoms with Crippen LogP contribution in [0.1, 0.15) is 19.9 Å². The highest BCUT2D eigenvalue weighted by molar-refractivity contribution is 5.67. The second-order valence-electron chi connectivity index (χ2n) is 4.43. The minimum atomic E-state index is -0.745. The molecule has 1 aromatic heterocycles. The van der Waals surface area contributed by atoms with Gasteiger partial charge in [0.25, 0.3) is 5.56 Å². The number of nitrogens with zero attached hydrogens (tertiary/aromatic N) is 1. The first-order valence-corrected chi connectivity index (χ1v) is 5.75. The monoisotopic (exact) mass is 264 g/mol. The minimum absolute atomic E-state index is 0.118. The van der Waals surface area contributed by atoms with Crippen LogP contribution in [0.2, 0.25) is 0 Å². The normalized spacial score (nSPS) is 10.9. The van der Waals surface area contributed by atoms with E-state index < -0.39 is 22.9 Å². The van der Waals surface area contributed by atoms with Crippen LogP contribution in [0.5, 0.6) is 5.88 Å². The molecule has 0 radical (unpaired) electrons. The predicted octanol–water partition coefficient (Wildman–Crippen LogP) is 1.63. The zero-order valence-electron chi connectivity index (χ0n) is 10.5. The molecule has 0 unspecified atom stereocenters. The molecule has 2 rings (SSSR count). The number of nitrogens with one attached hydrogen (secondary N) is 1. The fourth-order valence-corrected chi connectivity index (χ4v) is 1.92. The number of aromatic hydroxyl groups is 1. The van der Waals surface area contributed by atoms with Gasteiger partial charge in [0.15, 0.2) is 0 Å². The molecular weight excluding hydrogens is 251 g/mol. The van der Waals surface area contributed by atoms with Crippen LogP contribution in [-0.2, 0) is 0 Å². The molecule has 1 heterocycles. The summed E-state index contributed by atoms with van der Waals surface area (Å²) in [7, 11) is 0. The van der Waals surface area contributed by atoms with Gasteiger partial charge in [-0.2, -0.15) is 0 Å². The van der Waals surface area contributed by atoms with Gasteiger partial charge >= 0.3 is 5.69 Å². The van der Waals surface area contributed by atoms with Crippen LogP contribution in [0.25, 0.3) is 11.1 Å². The molecule has 0 bridgehead atoms. The molecule has 0 fully saturated rings. The maximum Gasteiger partial charge on any atom is 0.331 e. The van der Waals surface area contributed by atoms with Crippen molar-refractivity contribution < 1.29 is 9.50 Å². The van der Waals surface area contributed by atoms with Crippen LogP contribution in [0.3, 0.4) is 0 Å². The van der Waals surface area contributed by atoms with E-state index in [0.717, 1.165) is 10.6 Å². The van der Waals surface area contributed by atoms with E-state index in [1.807, 2.05) is 0 Å². The second-order valence-corrected chi connectivity index (χ2v) is 4.43. The number of aromatic nitrogens is 2. The molecule has 0 aliphatic rings. The number of benzene rings is 1. The van der Waals surface area contributed by atoms with Crippen molar-refractivity contribution in [1.82, 2.24) is 9.55 Å². The molecule has 5 nitrogen and oxygen atoms in total. The third kappa shape index (κ3) is 2.29. The van der Waals surface area contributed by atoms with E-state index in [2.05, 4.69) is 4.98 Å². The van der Waals surface area contributed by atoms with Crippen LogP contribution in [0.4, 0.5) is 4.39 Å². The molecule has 2 N–H and O–H groups in total. The van der Waals surface area contributed by atoms with E-state index >= 15 is 0 Å². The highest BCUT2D eigenvalue weighted by Crippen LogP contribution is 2.26. The Kier molecular flexibility index (Phi) is 3.25. The second kappa shape index (κ2) is 4.72. The Morgan fingerprint density at radius 1 is 1.32 bits per heavy atom. The van der Waals surface area contributed by atoms with Gasteiger partial charge in [-0.25, -0.2) is 9.18 Å². The van der Waals surface area contributed by atoms with E-state index in [1.165, 1.54) is 18.2 Å². The lowest BCUT2D eigenvalue weighted by atomic mass is 10.1. The largest absolute Gasteiger partial charge is 0.494 e. The van der Waals surface area contributed by atoms with Crippen LogP contribution in [-0.4, -0.2) is 14.7 Å². The van der Waals surface area contributed by atoms with Crippen LogP contribution >= 0.6 is 0 Å². The van der Waals surface area contributed by atoms with Gasteiger partial charge in [-0.05, 0) is 31.5 Å². The van der Waals surface area contributed by atoms with Crippen molar-refractivity contribution in [3.8, 4) is 17.0 Å². The first kappa shape index (κ1) is 13.1. The lowest BCUT2D eigenvalue weighted by Gasteiger charge is -2.14. The van der Waals surface area contributed by atoms with Gasteiger partial charge in [0.2, 0.25) is 5.88 Å². The summed E-state index contributed by atoms with van der Waals surface area (Å²) in [5.41, 5.74) is -1.34. The molecule has 6 heteroatoms. The van der Waals surface area contributed by atoms with E-state index in [0.29, 0.717) is 0 Å². The molecule has 0 saturated carbocycles. The van der Waals surface area contributed by atoms with Gasteiger partial charge in [-0.3, -0.25) is 14.3 Å². The highest BCUT2D eigenvalue weighted by Gasteiger charge is 2.17. The van der Waals surface area contributed by atoms with Gasteiger partial charge < -0.3 is 5.11 Å².